The number of nitrogens with zero attached hydrogens (tertiary/aromatic N) is 2. The number of methoxy groups -OCH3 is 1. The summed E-state index contributed by atoms with van der Waals surface area (Å²) in [7, 11) is 1.48. The van der Waals surface area contributed by atoms with Crippen LogP contribution in [0, 0.1) is 5.92 Å². The summed E-state index contributed by atoms with van der Waals surface area (Å²) >= 11 is 0. The van der Waals surface area contributed by atoms with Crippen molar-refractivity contribution in [1.29, 1.82) is 0 Å². The molecule has 3 unspecified atom stereocenters. The number of rotatable bonds is 16. The molecule has 0 radical (unpaired) electrons. The molecule has 0 bridgehead atoms. The number of hydrogen-bond acceptors (Lipinski definition) is 7. The van der Waals surface area contributed by atoms with Gasteiger partial charge in [-0.1, -0.05) is 32.3 Å². The van der Waals surface area contributed by atoms with Crippen LogP contribution in [-0.2, 0) is 27.3 Å². The molecule has 1 aliphatic rings. The summed E-state index contributed by atoms with van der Waals surface area (Å²) in [6.07, 6.45) is 5.40. The van der Waals surface area contributed by atoms with Crippen molar-refractivity contribution in [2.75, 3.05) is 20.2 Å². The van der Waals surface area contributed by atoms with Crippen LogP contribution >= 0.6 is 0 Å². The Morgan fingerprint density at radius 1 is 1.27 bits per heavy atom. The molecule has 2 rings (SSSR count). The van der Waals surface area contributed by atoms with Gasteiger partial charge in [0.25, 0.3) is 0 Å². The minimum atomic E-state index is -0.526. The van der Waals surface area contributed by atoms with Gasteiger partial charge >= 0.3 is 5.97 Å². The molecule has 6 N–H and O–H groups in total. The Morgan fingerprint density at radius 3 is 2.68 bits per heavy atom. The zero-order valence-electron chi connectivity index (χ0n) is 22.4. The van der Waals surface area contributed by atoms with Crippen LogP contribution in [0.2, 0.25) is 0 Å². The summed E-state index contributed by atoms with van der Waals surface area (Å²) < 4.78 is 10.9. The summed E-state index contributed by atoms with van der Waals surface area (Å²) in [5.41, 5.74) is 12.2. The largest absolute Gasteiger partial charge is 0.504 e. The predicted molar refractivity (Wildman–Crippen MR) is 142 cm³/mol. The SMILES string of the molecule is CCCCCC(O)CC(CCc1cc(CN2CC(CCN=C(N)N)CC2=O)c(O)c(OC)c1)OC(C)=O. The number of unbranched alkanes of at least 4 members (excludes halogenated alkanes) is 2. The Labute approximate surface area is 220 Å². The molecular formula is C27H44N4O6. The van der Waals surface area contributed by atoms with Gasteiger partial charge in [0.05, 0.1) is 13.2 Å². The Bertz CT molecular complexity index is 918. The van der Waals surface area contributed by atoms with E-state index in [1.165, 1.54) is 14.0 Å². The number of phenolic OH excluding ortho intramolecular Hbond substituents is 1. The highest BCUT2D eigenvalue weighted by atomic mass is 16.5. The van der Waals surface area contributed by atoms with Crippen molar-refractivity contribution >= 4 is 17.8 Å². The molecule has 208 valence electrons. The minimum absolute atomic E-state index is 0.00545. The average molecular weight is 521 g/mol. The van der Waals surface area contributed by atoms with Crippen molar-refractivity contribution in [3.05, 3.63) is 23.3 Å². The van der Waals surface area contributed by atoms with E-state index in [1.54, 1.807) is 11.0 Å². The van der Waals surface area contributed by atoms with Gasteiger partial charge in [-0.3, -0.25) is 14.6 Å². The molecule has 1 aromatic rings. The third-order valence-corrected chi connectivity index (χ3v) is 6.68. The lowest BCUT2D eigenvalue weighted by Crippen LogP contribution is -2.25. The van der Waals surface area contributed by atoms with Crippen LogP contribution < -0.4 is 16.2 Å². The number of amides is 1. The summed E-state index contributed by atoms with van der Waals surface area (Å²) in [6, 6.07) is 3.62. The highest BCUT2D eigenvalue weighted by Crippen LogP contribution is 2.34. The van der Waals surface area contributed by atoms with Crippen LogP contribution in [-0.4, -0.2) is 65.4 Å². The summed E-state index contributed by atoms with van der Waals surface area (Å²) in [5.74, 6) is 0.160. The van der Waals surface area contributed by atoms with Gasteiger partial charge < -0.3 is 36.1 Å². The van der Waals surface area contributed by atoms with Crippen molar-refractivity contribution in [3.63, 3.8) is 0 Å². The molecule has 1 saturated heterocycles. The molecule has 37 heavy (non-hydrogen) atoms. The maximum Gasteiger partial charge on any atom is 0.302 e. The van der Waals surface area contributed by atoms with E-state index in [4.69, 9.17) is 20.9 Å². The monoisotopic (exact) mass is 520 g/mol. The fraction of sp³-hybridized carbons (Fsp3) is 0.667. The number of hydrogen-bond donors (Lipinski definition) is 4. The lowest BCUT2D eigenvalue weighted by atomic mass is 9.98. The van der Waals surface area contributed by atoms with Gasteiger partial charge in [0.15, 0.2) is 17.5 Å². The summed E-state index contributed by atoms with van der Waals surface area (Å²) in [6.45, 7) is 4.78. The number of guanidine groups is 1. The van der Waals surface area contributed by atoms with Crippen molar-refractivity contribution in [2.24, 2.45) is 22.4 Å². The normalized spacial score (nSPS) is 16.9. The van der Waals surface area contributed by atoms with Gasteiger partial charge in [-0.25, -0.2) is 0 Å². The zero-order chi connectivity index (χ0) is 27.4. The Morgan fingerprint density at radius 2 is 2.03 bits per heavy atom. The standard InChI is InChI=1S/C27H44N4O6/c1-4-5-6-7-22(33)15-23(37-18(2)32)9-8-19-12-21(26(35)24(13-19)36-3)17-31-16-20(14-25(31)34)10-11-30-27(28)29/h12-13,20,22-23,33,35H,4-11,14-17H2,1-3H3,(H4,28,29,30). The maximum absolute atomic E-state index is 12.6. The predicted octanol–water partition coefficient (Wildman–Crippen LogP) is 2.61. The van der Waals surface area contributed by atoms with Crippen LogP contribution in [0.1, 0.15) is 76.3 Å². The van der Waals surface area contributed by atoms with Gasteiger partial charge in [-0.05, 0) is 43.2 Å². The number of aliphatic hydroxyl groups is 1. The number of aromatic hydroxyl groups is 1. The van der Waals surface area contributed by atoms with Gasteiger partial charge in [0.1, 0.15) is 6.10 Å². The zero-order valence-corrected chi connectivity index (χ0v) is 22.4. The van der Waals surface area contributed by atoms with Crippen LogP contribution in [0.3, 0.4) is 0 Å². The molecule has 1 aromatic carbocycles. The van der Waals surface area contributed by atoms with Crippen LogP contribution in [0.4, 0.5) is 0 Å². The fourth-order valence-electron chi connectivity index (χ4n) is 4.77. The Balaban J connectivity index is 2.06. The number of carbonyl (C=O) groups excluding carboxylic acids is 2. The molecule has 0 saturated carbocycles. The third-order valence-electron chi connectivity index (χ3n) is 6.68. The number of aryl methyl sites for hydroxylation is 1. The van der Waals surface area contributed by atoms with Crippen molar-refractivity contribution < 1.29 is 29.3 Å². The first-order valence-corrected chi connectivity index (χ1v) is 13.2. The van der Waals surface area contributed by atoms with Crippen LogP contribution in [0.25, 0.3) is 0 Å². The van der Waals surface area contributed by atoms with E-state index < -0.39 is 12.2 Å². The highest BCUT2D eigenvalue weighted by molar-refractivity contribution is 5.79. The first kappa shape index (κ1) is 30.2. The molecule has 1 aliphatic heterocycles. The molecule has 10 nitrogen and oxygen atoms in total. The summed E-state index contributed by atoms with van der Waals surface area (Å²) in [4.78, 5) is 30.0. The van der Waals surface area contributed by atoms with E-state index >= 15 is 0 Å². The highest BCUT2D eigenvalue weighted by Gasteiger charge is 2.30. The smallest absolute Gasteiger partial charge is 0.302 e. The molecule has 3 atom stereocenters. The van der Waals surface area contributed by atoms with E-state index in [9.17, 15) is 19.8 Å². The van der Waals surface area contributed by atoms with Gasteiger partial charge in [0.2, 0.25) is 5.91 Å². The van der Waals surface area contributed by atoms with E-state index in [0.29, 0.717) is 62.9 Å². The number of esters is 1. The topological polar surface area (TPSA) is 161 Å². The number of phenols is 1. The first-order chi connectivity index (χ1) is 17.6. The van der Waals surface area contributed by atoms with Crippen molar-refractivity contribution in [1.82, 2.24) is 4.90 Å². The lowest BCUT2D eigenvalue weighted by molar-refractivity contribution is -0.148. The lowest BCUT2D eigenvalue weighted by Gasteiger charge is -2.22. The van der Waals surface area contributed by atoms with Crippen LogP contribution in [0.5, 0.6) is 11.5 Å². The van der Waals surface area contributed by atoms with E-state index in [2.05, 4.69) is 11.9 Å². The van der Waals surface area contributed by atoms with Crippen molar-refractivity contribution in [3.8, 4) is 11.5 Å². The molecule has 1 fully saturated rings. The number of nitrogens with two attached hydrogens (primary N) is 2. The van der Waals surface area contributed by atoms with E-state index in [-0.39, 0.29) is 36.0 Å². The van der Waals surface area contributed by atoms with Gasteiger partial charge in [-0.15, -0.1) is 0 Å². The number of ether oxygens (including phenoxy) is 2. The molecule has 1 heterocycles. The number of aliphatic hydroxyl groups excluding tert-OH is 1. The maximum atomic E-state index is 12.6. The molecule has 0 aromatic heterocycles. The number of carbonyl (C=O) groups is 2. The number of aliphatic imine (C=N–C) groups is 1. The van der Waals surface area contributed by atoms with E-state index in [0.717, 1.165) is 24.8 Å². The fourth-order valence-corrected chi connectivity index (χ4v) is 4.77. The number of benzene rings is 1. The summed E-state index contributed by atoms with van der Waals surface area (Å²) in [5, 5.41) is 21.1. The third kappa shape index (κ3) is 10.5. The van der Waals surface area contributed by atoms with Gasteiger partial charge in [-0.2, -0.15) is 0 Å². The van der Waals surface area contributed by atoms with Crippen LogP contribution in [0.15, 0.2) is 17.1 Å². The van der Waals surface area contributed by atoms with Crippen molar-refractivity contribution in [2.45, 2.75) is 90.4 Å². The molecular weight excluding hydrogens is 476 g/mol. The second-order valence-corrected chi connectivity index (χ2v) is 9.90. The second kappa shape index (κ2) is 15.3. The quantitative estimate of drug-likeness (QED) is 0.112. The molecule has 0 spiro atoms. The van der Waals surface area contributed by atoms with E-state index in [1.807, 2.05) is 6.07 Å². The molecule has 10 heteroatoms. The first-order valence-electron chi connectivity index (χ1n) is 13.2. The molecule has 1 amide bonds. The average Bonchev–Trinajstić information content (AvgIpc) is 3.17. The molecule has 0 aliphatic carbocycles. The second-order valence-electron chi connectivity index (χ2n) is 9.90. The Kier molecular flexibility index (Phi) is 12.5. The van der Waals surface area contributed by atoms with Gasteiger partial charge in [0, 0.05) is 45.0 Å². The minimum Gasteiger partial charge on any atom is -0.504 e. The Hall–Kier alpha value is -3.01. The number of likely N-dealkylation sites (tertiary alicyclic amines) is 1.